The number of ether oxygens (including phenoxy) is 1. The van der Waals surface area contributed by atoms with Crippen LogP contribution in [0.4, 0.5) is 5.69 Å². The van der Waals surface area contributed by atoms with E-state index in [-0.39, 0.29) is 11.3 Å². The van der Waals surface area contributed by atoms with Crippen LogP contribution >= 0.6 is 0 Å². The molecule has 4 rings (SSSR count). The average Bonchev–Trinajstić information content (AvgIpc) is 2.74. The predicted octanol–water partition coefficient (Wildman–Crippen LogP) is 3.45. The second-order valence-corrected chi connectivity index (χ2v) is 7.06. The van der Waals surface area contributed by atoms with E-state index in [1.807, 2.05) is 36.4 Å². The molecule has 148 valence electrons. The molecule has 2 N–H and O–H groups in total. The monoisotopic (exact) mass is 389 g/mol. The van der Waals surface area contributed by atoms with Gasteiger partial charge in [-0.25, -0.2) is 5.43 Å². The molecular weight excluding hydrogens is 366 g/mol. The third kappa shape index (κ3) is 4.22. The minimum atomic E-state index is -0.453. The number of phenols is 1. The van der Waals surface area contributed by atoms with E-state index in [4.69, 9.17) is 4.74 Å². The number of benzene rings is 3. The van der Waals surface area contributed by atoms with Gasteiger partial charge in [-0.05, 0) is 53.1 Å². The van der Waals surface area contributed by atoms with E-state index in [1.54, 1.807) is 18.3 Å². The number of morpholine rings is 1. The van der Waals surface area contributed by atoms with Crippen molar-refractivity contribution in [1.82, 2.24) is 5.43 Å². The fourth-order valence-corrected chi connectivity index (χ4v) is 3.55. The largest absolute Gasteiger partial charge is 0.507 e. The van der Waals surface area contributed by atoms with Crippen LogP contribution in [0.15, 0.2) is 59.7 Å². The molecule has 6 heteroatoms. The van der Waals surface area contributed by atoms with Gasteiger partial charge in [0.15, 0.2) is 0 Å². The van der Waals surface area contributed by atoms with E-state index in [2.05, 4.69) is 28.4 Å². The number of nitrogens with zero attached hydrogens (tertiary/aromatic N) is 2. The van der Waals surface area contributed by atoms with Crippen molar-refractivity contribution in [3.63, 3.8) is 0 Å². The molecule has 0 bridgehead atoms. The lowest BCUT2D eigenvalue weighted by Gasteiger charge is -2.30. The highest BCUT2D eigenvalue weighted by molar-refractivity contribution is 6.01. The van der Waals surface area contributed by atoms with Crippen molar-refractivity contribution in [2.45, 2.75) is 6.92 Å². The Balaban J connectivity index is 1.45. The van der Waals surface area contributed by atoms with Gasteiger partial charge in [-0.15, -0.1) is 0 Å². The summed E-state index contributed by atoms with van der Waals surface area (Å²) in [6.45, 7) is 5.33. The summed E-state index contributed by atoms with van der Waals surface area (Å²) in [6.07, 6.45) is 1.60. The number of aromatic hydroxyl groups is 1. The molecular formula is C23H23N3O3. The lowest BCUT2D eigenvalue weighted by molar-refractivity contribution is 0.0952. The molecule has 1 heterocycles. The molecule has 29 heavy (non-hydrogen) atoms. The van der Waals surface area contributed by atoms with Gasteiger partial charge in [0.2, 0.25) is 0 Å². The van der Waals surface area contributed by atoms with E-state index in [9.17, 15) is 9.90 Å². The third-order valence-corrected chi connectivity index (χ3v) is 5.06. The molecule has 1 amide bonds. The summed E-state index contributed by atoms with van der Waals surface area (Å²) in [7, 11) is 0. The molecule has 0 radical (unpaired) electrons. The Kier molecular flexibility index (Phi) is 5.44. The number of carbonyl (C=O) groups is 1. The maximum atomic E-state index is 12.4. The number of rotatable bonds is 4. The first-order valence-corrected chi connectivity index (χ1v) is 9.60. The summed E-state index contributed by atoms with van der Waals surface area (Å²) in [5, 5.41) is 16.0. The molecule has 0 unspecified atom stereocenters. The number of nitrogens with one attached hydrogen (secondary N) is 1. The van der Waals surface area contributed by atoms with Crippen molar-refractivity contribution < 1.29 is 14.6 Å². The second-order valence-electron chi connectivity index (χ2n) is 7.06. The average molecular weight is 389 g/mol. The van der Waals surface area contributed by atoms with Gasteiger partial charge in [-0.2, -0.15) is 5.10 Å². The van der Waals surface area contributed by atoms with Gasteiger partial charge in [0.1, 0.15) is 5.75 Å². The zero-order chi connectivity index (χ0) is 20.2. The second kappa shape index (κ2) is 8.32. The summed E-state index contributed by atoms with van der Waals surface area (Å²) < 4.78 is 5.41. The number of anilines is 1. The van der Waals surface area contributed by atoms with Crippen molar-refractivity contribution in [2.75, 3.05) is 31.2 Å². The third-order valence-electron chi connectivity index (χ3n) is 5.06. The van der Waals surface area contributed by atoms with Gasteiger partial charge in [-0.1, -0.05) is 30.3 Å². The van der Waals surface area contributed by atoms with Crippen LogP contribution in [0.25, 0.3) is 10.8 Å². The van der Waals surface area contributed by atoms with Gasteiger partial charge >= 0.3 is 0 Å². The van der Waals surface area contributed by atoms with Crippen molar-refractivity contribution in [3.05, 3.63) is 71.3 Å². The van der Waals surface area contributed by atoms with Crippen molar-refractivity contribution in [2.24, 2.45) is 5.10 Å². The number of fused-ring (bicyclic) bond motifs is 1. The fraction of sp³-hybridized carbons (Fsp3) is 0.217. The Morgan fingerprint density at radius 3 is 2.55 bits per heavy atom. The molecule has 1 aliphatic heterocycles. The summed E-state index contributed by atoms with van der Waals surface area (Å²) in [5.41, 5.74) is 5.92. The SMILES string of the molecule is Cc1cc(C=NNC(=O)c2cc3ccccc3cc2O)ccc1N1CCOCC1. The topological polar surface area (TPSA) is 74.2 Å². The van der Waals surface area contributed by atoms with Crippen LogP contribution in [0.5, 0.6) is 5.75 Å². The molecule has 0 spiro atoms. The maximum Gasteiger partial charge on any atom is 0.275 e. The van der Waals surface area contributed by atoms with E-state index in [1.165, 1.54) is 5.69 Å². The number of phenolic OH excluding ortho intramolecular Hbond substituents is 1. The van der Waals surface area contributed by atoms with E-state index >= 15 is 0 Å². The maximum absolute atomic E-state index is 12.4. The number of hydrazone groups is 1. The highest BCUT2D eigenvalue weighted by Crippen LogP contribution is 2.25. The van der Waals surface area contributed by atoms with Crippen LogP contribution in [-0.2, 0) is 4.74 Å². The summed E-state index contributed by atoms with van der Waals surface area (Å²) in [6, 6.07) is 16.9. The van der Waals surface area contributed by atoms with Crippen LogP contribution in [0.3, 0.4) is 0 Å². The Hall–Kier alpha value is -3.38. The Morgan fingerprint density at radius 2 is 1.83 bits per heavy atom. The summed E-state index contributed by atoms with van der Waals surface area (Å²) in [5.74, 6) is -0.520. The standard InChI is InChI=1S/C23H23N3O3/c1-16-12-17(6-7-21(16)26-8-10-29-11-9-26)15-24-25-23(28)20-13-18-4-2-3-5-19(18)14-22(20)27/h2-7,12-15,27H,8-11H2,1H3,(H,25,28). The Bertz CT molecular complexity index is 1070. The van der Waals surface area contributed by atoms with Crippen LogP contribution in [0, 0.1) is 6.92 Å². The summed E-state index contributed by atoms with van der Waals surface area (Å²) >= 11 is 0. The smallest absolute Gasteiger partial charge is 0.275 e. The van der Waals surface area contributed by atoms with Crippen molar-refractivity contribution in [3.8, 4) is 5.75 Å². The molecule has 6 nitrogen and oxygen atoms in total. The first-order chi connectivity index (χ1) is 14.1. The lowest BCUT2D eigenvalue weighted by atomic mass is 10.1. The highest BCUT2D eigenvalue weighted by atomic mass is 16.5. The normalized spacial score (nSPS) is 14.4. The van der Waals surface area contributed by atoms with Gasteiger partial charge in [0.05, 0.1) is 25.0 Å². The number of hydrogen-bond acceptors (Lipinski definition) is 5. The van der Waals surface area contributed by atoms with Crippen LogP contribution in [0.2, 0.25) is 0 Å². The molecule has 0 aromatic heterocycles. The van der Waals surface area contributed by atoms with Crippen LogP contribution in [0.1, 0.15) is 21.5 Å². The molecule has 3 aromatic carbocycles. The minimum absolute atomic E-state index is 0.0675. The number of carbonyl (C=O) groups excluding carboxylic acids is 1. The minimum Gasteiger partial charge on any atom is -0.507 e. The van der Waals surface area contributed by atoms with Gasteiger partial charge < -0.3 is 14.7 Å². The number of hydrogen-bond donors (Lipinski definition) is 2. The van der Waals surface area contributed by atoms with E-state index in [0.29, 0.717) is 0 Å². The quantitative estimate of drug-likeness (QED) is 0.529. The van der Waals surface area contributed by atoms with E-state index in [0.717, 1.165) is 48.2 Å². The predicted molar refractivity (Wildman–Crippen MR) is 115 cm³/mol. The number of amides is 1. The zero-order valence-electron chi connectivity index (χ0n) is 16.3. The lowest BCUT2D eigenvalue weighted by Crippen LogP contribution is -2.36. The van der Waals surface area contributed by atoms with Crippen molar-refractivity contribution in [1.29, 1.82) is 0 Å². The highest BCUT2D eigenvalue weighted by Gasteiger charge is 2.14. The Morgan fingerprint density at radius 1 is 1.10 bits per heavy atom. The first kappa shape index (κ1) is 19.0. The van der Waals surface area contributed by atoms with Gasteiger partial charge in [-0.3, -0.25) is 4.79 Å². The molecule has 1 saturated heterocycles. The van der Waals surface area contributed by atoms with Gasteiger partial charge in [0, 0.05) is 18.8 Å². The Labute approximate surface area is 169 Å². The van der Waals surface area contributed by atoms with Crippen LogP contribution in [-0.4, -0.2) is 43.5 Å². The number of aryl methyl sites for hydroxylation is 1. The molecule has 1 fully saturated rings. The molecule has 0 saturated carbocycles. The van der Waals surface area contributed by atoms with Crippen molar-refractivity contribution >= 4 is 28.6 Å². The summed E-state index contributed by atoms with van der Waals surface area (Å²) in [4.78, 5) is 14.7. The molecule has 3 aromatic rings. The first-order valence-electron chi connectivity index (χ1n) is 9.60. The molecule has 1 aliphatic rings. The molecule has 0 aliphatic carbocycles. The van der Waals surface area contributed by atoms with Gasteiger partial charge in [0.25, 0.3) is 5.91 Å². The van der Waals surface area contributed by atoms with E-state index < -0.39 is 5.91 Å². The molecule has 0 atom stereocenters. The zero-order valence-corrected chi connectivity index (χ0v) is 16.3. The van der Waals surface area contributed by atoms with Crippen LogP contribution < -0.4 is 10.3 Å². The fourth-order valence-electron chi connectivity index (χ4n) is 3.55.